The molecule has 3 heteroatoms. The van der Waals surface area contributed by atoms with Gasteiger partial charge >= 0.3 is 5.97 Å². The Bertz CT molecular complexity index is 579. The predicted octanol–water partition coefficient (Wildman–Crippen LogP) is 3.20. The summed E-state index contributed by atoms with van der Waals surface area (Å²) in [6.07, 6.45) is 3.90. The van der Waals surface area contributed by atoms with Gasteiger partial charge in [0.05, 0.1) is 5.92 Å². The summed E-state index contributed by atoms with van der Waals surface area (Å²) < 4.78 is 5.65. The van der Waals surface area contributed by atoms with Gasteiger partial charge in [-0.05, 0) is 37.7 Å². The molecule has 0 spiro atoms. The fraction of sp³-hybridized carbons (Fsp3) is 0.647. The third-order valence-electron chi connectivity index (χ3n) is 5.63. The molecule has 0 radical (unpaired) electrons. The van der Waals surface area contributed by atoms with Crippen LogP contribution in [0, 0.1) is 16.7 Å². The monoisotopic (exact) mass is 274 g/mol. The van der Waals surface area contributed by atoms with Crippen molar-refractivity contribution in [2.75, 3.05) is 0 Å². The molecule has 2 aliphatic carbocycles. The first-order chi connectivity index (χ1) is 9.19. The van der Waals surface area contributed by atoms with E-state index in [2.05, 4.69) is 20.8 Å². The Labute approximate surface area is 120 Å². The van der Waals surface area contributed by atoms with Crippen LogP contribution in [0.2, 0.25) is 0 Å². The molecule has 3 aliphatic rings. The van der Waals surface area contributed by atoms with Gasteiger partial charge in [0.2, 0.25) is 0 Å². The number of ether oxygens (including phenoxy) is 1. The molecule has 3 nitrogen and oxygen atoms in total. The molecule has 0 N–H and O–H groups in total. The molecule has 0 bridgehead atoms. The van der Waals surface area contributed by atoms with Crippen LogP contribution in [0.4, 0.5) is 0 Å². The summed E-state index contributed by atoms with van der Waals surface area (Å²) in [5, 5.41) is 0. The van der Waals surface area contributed by atoms with E-state index >= 15 is 0 Å². The van der Waals surface area contributed by atoms with Crippen molar-refractivity contribution in [2.45, 2.75) is 53.6 Å². The van der Waals surface area contributed by atoms with Crippen molar-refractivity contribution in [1.29, 1.82) is 0 Å². The second kappa shape index (κ2) is 3.84. The molecule has 0 aromatic rings. The van der Waals surface area contributed by atoms with E-state index in [1.165, 1.54) is 5.57 Å². The van der Waals surface area contributed by atoms with Crippen molar-refractivity contribution in [3.05, 3.63) is 22.8 Å². The molecule has 1 saturated carbocycles. The first kappa shape index (κ1) is 13.6. The van der Waals surface area contributed by atoms with Gasteiger partial charge in [0, 0.05) is 11.0 Å². The van der Waals surface area contributed by atoms with Crippen LogP contribution in [-0.4, -0.2) is 17.9 Å². The van der Waals surface area contributed by atoms with Crippen molar-refractivity contribution in [1.82, 2.24) is 0 Å². The van der Waals surface area contributed by atoms with Gasteiger partial charge < -0.3 is 4.74 Å². The zero-order valence-corrected chi connectivity index (χ0v) is 12.9. The van der Waals surface area contributed by atoms with Gasteiger partial charge in [-0.25, -0.2) is 0 Å². The van der Waals surface area contributed by atoms with Gasteiger partial charge in [0.25, 0.3) is 0 Å². The minimum Gasteiger partial charge on any atom is -0.461 e. The number of ketones is 1. The van der Waals surface area contributed by atoms with Crippen LogP contribution in [0.5, 0.6) is 0 Å². The Hall–Kier alpha value is -1.38. The largest absolute Gasteiger partial charge is 0.461 e. The fourth-order valence-corrected chi connectivity index (χ4v) is 4.58. The fourth-order valence-electron chi connectivity index (χ4n) is 4.58. The maximum absolute atomic E-state index is 12.4. The van der Waals surface area contributed by atoms with Gasteiger partial charge in [-0.2, -0.15) is 0 Å². The molecule has 0 unspecified atom stereocenters. The molecule has 0 amide bonds. The maximum Gasteiger partial charge on any atom is 0.314 e. The lowest BCUT2D eigenvalue weighted by molar-refractivity contribution is -0.144. The van der Waals surface area contributed by atoms with E-state index in [9.17, 15) is 9.59 Å². The molecular weight excluding hydrogens is 252 g/mol. The Morgan fingerprint density at radius 1 is 1.35 bits per heavy atom. The molecule has 3 rings (SSSR count). The predicted molar refractivity (Wildman–Crippen MR) is 76.0 cm³/mol. The van der Waals surface area contributed by atoms with Gasteiger partial charge in [0.1, 0.15) is 6.10 Å². The molecule has 3 atom stereocenters. The number of hydrogen-bond acceptors (Lipinski definition) is 3. The van der Waals surface area contributed by atoms with E-state index in [-0.39, 0.29) is 34.6 Å². The summed E-state index contributed by atoms with van der Waals surface area (Å²) in [4.78, 5) is 24.3. The lowest BCUT2D eigenvalue weighted by Gasteiger charge is -2.50. The minimum atomic E-state index is -0.286. The highest BCUT2D eigenvalue weighted by Crippen LogP contribution is 2.62. The molecule has 1 heterocycles. The van der Waals surface area contributed by atoms with Crippen LogP contribution in [0.1, 0.15) is 47.5 Å². The first-order valence-electron chi connectivity index (χ1n) is 7.34. The zero-order chi connectivity index (χ0) is 14.9. The third kappa shape index (κ3) is 1.46. The summed E-state index contributed by atoms with van der Waals surface area (Å²) >= 11 is 0. The molecule has 1 aliphatic heterocycles. The summed E-state index contributed by atoms with van der Waals surface area (Å²) in [5.41, 5.74) is 2.54. The minimum absolute atomic E-state index is 0.0128. The van der Waals surface area contributed by atoms with Crippen LogP contribution in [-0.2, 0) is 14.3 Å². The van der Waals surface area contributed by atoms with Crippen LogP contribution >= 0.6 is 0 Å². The van der Waals surface area contributed by atoms with Gasteiger partial charge in [-0.3, -0.25) is 9.59 Å². The highest BCUT2D eigenvalue weighted by atomic mass is 16.6. The summed E-state index contributed by atoms with van der Waals surface area (Å²) in [6.45, 7) is 10.0. The number of rotatable bonds is 1. The molecule has 0 aromatic carbocycles. The molecule has 108 valence electrons. The second-order valence-electron chi connectivity index (χ2n) is 7.27. The van der Waals surface area contributed by atoms with Crippen molar-refractivity contribution in [3.63, 3.8) is 0 Å². The van der Waals surface area contributed by atoms with E-state index in [0.717, 1.165) is 18.4 Å². The highest BCUT2D eigenvalue weighted by Gasteiger charge is 2.62. The van der Waals surface area contributed by atoms with Gasteiger partial charge in [-0.15, -0.1) is 0 Å². The normalized spacial score (nSPS) is 38.2. The van der Waals surface area contributed by atoms with Crippen molar-refractivity contribution in [3.8, 4) is 0 Å². The lowest BCUT2D eigenvalue weighted by Crippen LogP contribution is -2.47. The Balaban J connectivity index is 2.28. The number of Topliss-reactive ketones (excluding diaryl/α,β-unsaturated/α-hetero) is 1. The topological polar surface area (TPSA) is 43.4 Å². The van der Waals surface area contributed by atoms with E-state index in [1.807, 2.05) is 13.0 Å². The highest BCUT2D eigenvalue weighted by molar-refractivity contribution is 5.99. The summed E-state index contributed by atoms with van der Waals surface area (Å²) in [5.74, 6) is -0.405. The average Bonchev–Trinajstić information content (AvgIpc) is 2.58. The van der Waals surface area contributed by atoms with Crippen LogP contribution in [0.15, 0.2) is 22.8 Å². The quantitative estimate of drug-likeness (QED) is 0.690. The average molecular weight is 274 g/mol. The second-order valence-corrected chi connectivity index (χ2v) is 7.27. The maximum atomic E-state index is 12.4. The Morgan fingerprint density at radius 2 is 2.00 bits per heavy atom. The van der Waals surface area contributed by atoms with Crippen LogP contribution < -0.4 is 0 Å². The number of allylic oxidation sites excluding steroid dienone is 2. The third-order valence-corrected chi connectivity index (χ3v) is 5.63. The van der Waals surface area contributed by atoms with Gasteiger partial charge in [0.15, 0.2) is 5.78 Å². The number of hydrogen-bond donors (Lipinski definition) is 0. The Kier molecular flexibility index (Phi) is 2.61. The van der Waals surface area contributed by atoms with E-state index in [4.69, 9.17) is 4.74 Å². The molecule has 1 saturated heterocycles. The molecule has 0 aromatic heterocycles. The van der Waals surface area contributed by atoms with E-state index in [1.54, 1.807) is 6.92 Å². The molecule has 2 fully saturated rings. The number of carbonyl (C=O) groups excluding carboxylic acids is 2. The van der Waals surface area contributed by atoms with Crippen molar-refractivity contribution < 1.29 is 14.3 Å². The number of esters is 1. The van der Waals surface area contributed by atoms with E-state index < -0.39 is 0 Å². The van der Waals surface area contributed by atoms with E-state index in [0.29, 0.717) is 5.57 Å². The van der Waals surface area contributed by atoms with Crippen molar-refractivity contribution >= 4 is 11.8 Å². The molecule has 20 heavy (non-hydrogen) atoms. The Morgan fingerprint density at radius 3 is 2.60 bits per heavy atom. The standard InChI is InChI=1S/C17H22O3/c1-9-11(10(2)18)8-12-16(3,4)7-6-13-17(12,5)14(9)15(19)20-13/h8,13-14H,6-7H2,1-5H3/t13-,14-,17+/m0/s1. The first-order valence-corrected chi connectivity index (χ1v) is 7.34. The van der Waals surface area contributed by atoms with Gasteiger partial charge in [-0.1, -0.05) is 32.4 Å². The smallest absolute Gasteiger partial charge is 0.314 e. The number of carbonyl (C=O) groups is 2. The summed E-state index contributed by atoms with van der Waals surface area (Å²) in [6, 6.07) is 0. The van der Waals surface area contributed by atoms with Crippen molar-refractivity contribution in [2.24, 2.45) is 16.7 Å². The lowest BCUT2D eigenvalue weighted by atomic mass is 9.52. The zero-order valence-electron chi connectivity index (χ0n) is 12.9. The van der Waals surface area contributed by atoms with Crippen LogP contribution in [0.3, 0.4) is 0 Å². The molecular formula is C17H22O3. The summed E-state index contributed by atoms with van der Waals surface area (Å²) in [7, 11) is 0. The SMILES string of the molecule is CC(=O)C1=C(C)[C@H]2C(=O)O[C@H]3CCC(C)(C)C(=C1)[C@@]23C. The van der Waals surface area contributed by atoms with Crippen LogP contribution in [0.25, 0.3) is 0 Å².